The second-order valence-corrected chi connectivity index (χ2v) is 6.67. The summed E-state index contributed by atoms with van der Waals surface area (Å²) >= 11 is 3.54. The van der Waals surface area contributed by atoms with Gasteiger partial charge in [-0.15, -0.1) is 0 Å². The molecule has 0 aliphatic rings. The van der Waals surface area contributed by atoms with Crippen LogP contribution in [0.3, 0.4) is 0 Å². The molecule has 0 aromatic heterocycles. The molecule has 0 saturated heterocycles. The zero-order valence-electron chi connectivity index (χ0n) is 14.5. The van der Waals surface area contributed by atoms with Gasteiger partial charge in [-0.3, -0.25) is 0 Å². The average molecular weight is 392 g/mol. The van der Waals surface area contributed by atoms with Crippen molar-refractivity contribution in [3.8, 4) is 5.75 Å². The molecule has 0 aliphatic heterocycles. The summed E-state index contributed by atoms with van der Waals surface area (Å²) in [6, 6.07) is 14.6. The number of hydrogen-bond donors (Lipinski definition) is 1. The first-order chi connectivity index (χ1) is 11.7. The van der Waals surface area contributed by atoms with Crippen molar-refractivity contribution in [2.45, 2.75) is 33.4 Å². The van der Waals surface area contributed by atoms with E-state index in [9.17, 15) is 0 Å². The van der Waals surface area contributed by atoms with Gasteiger partial charge in [0.1, 0.15) is 12.4 Å². The van der Waals surface area contributed by atoms with Crippen LogP contribution in [0.1, 0.15) is 30.0 Å². The number of hydrogen-bond acceptors (Lipinski definition) is 3. The van der Waals surface area contributed by atoms with Crippen molar-refractivity contribution in [1.29, 1.82) is 0 Å². The van der Waals surface area contributed by atoms with Gasteiger partial charge < -0.3 is 14.8 Å². The molecule has 2 rings (SSSR count). The summed E-state index contributed by atoms with van der Waals surface area (Å²) in [5.41, 5.74) is 3.60. The molecule has 0 aliphatic carbocycles. The lowest BCUT2D eigenvalue weighted by Gasteiger charge is -2.13. The van der Waals surface area contributed by atoms with E-state index in [2.05, 4.69) is 58.5 Å². The molecule has 0 spiro atoms. The van der Waals surface area contributed by atoms with Crippen LogP contribution in [0.4, 0.5) is 0 Å². The Bertz CT molecular complexity index is 614. The van der Waals surface area contributed by atoms with Gasteiger partial charge in [-0.25, -0.2) is 0 Å². The van der Waals surface area contributed by atoms with Gasteiger partial charge in [-0.05, 0) is 50.6 Å². The molecule has 0 atom stereocenters. The Kier molecular flexibility index (Phi) is 8.29. The summed E-state index contributed by atoms with van der Waals surface area (Å²) in [6.45, 7) is 8.00. The third-order valence-electron chi connectivity index (χ3n) is 3.70. The average Bonchev–Trinajstić information content (AvgIpc) is 2.58. The van der Waals surface area contributed by atoms with Crippen LogP contribution in [-0.2, 0) is 17.9 Å². The highest BCUT2D eigenvalue weighted by molar-refractivity contribution is 9.10. The first-order valence-electron chi connectivity index (χ1n) is 8.44. The quantitative estimate of drug-likeness (QED) is 0.587. The molecule has 0 amide bonds. The van der Waals surface area contributed by atoms with Crippen molar-refractivity contribution in [3.63, 3.8) is 0 Å². The van der Waals surface area contributed by atoms with Gasteiger partial charge in [0.25, 0.3) is 0 Å². The molecule has 0 heterocycles. The van der Waals surface area contributed by atoms with Crippen LogP contribution in [0.2, 0.25) is 0 Å². The normalized spacial score (nSPS) is 10.8. The second-order valence-electron chi connectivity index (χ2n) is 5.75. The maximum atomic E-state index is 6.03. The lowest BCUT2D eigenvalue weighted by molar-refractivity contribution is 0.144. The molecular weight excluding hydrogens is 366 g/mol. The molecule has 130 valence electrons. The van der Waals surface area contributed by atoms with Crippen LogP contribution in [0.15, 0.2) is 46.9 Å². The zero-order valence-corrected chi connectivity index (χ0v) is 16.1. The number of ether oxygens (including phenoxy) is 2. The molecule has 2 aromatic carbocycles. The summed E-state index contributed by atoms with van der Waals surface area (Å²) in [7, 11) is 0. The van der Waals surface area contributed by atoms with Crippen LogP contribution in [-0.4, -0.2) is 19.8 Å². The summed E-state index contributed by atoms with van der Waals surface area (Å²) in [4.78, 5) is 0. The Hall–Kier alpha value is -1.36. The Morgan fingerprint density at radius 1 is 1.08 bits per heavy atom. The van der Waals surface area contributed by atoms with Gasteiger partial charge in [-0.2, -0.15) is 0 Å². The third kappa shape index (κ3) is 6.63. The molecule has 2 aromatic rings. The fraction of sp³-hybridized carbons (Fsp3) is 0.400. The van der Waals surface area contributed by atoms with E-state index in [0.717, 1.165) is 48.5 Å². The topological polar surface area (TPSA) is 30.5 Å². The monoisotopic (exact) mass is 391 g/mol. The van der Waals surface area contributed by atoms with Crippen LogP contribution in [0.25, 0.3) is 0 Å². The van der Waals surface area contributed by atoms with Crippen molar-refractivity contribution in [2.24, 2.45) is 0 Å². The fourth-order valence-corrected chi connectivity index (χ4v) is 2.75. The lowest BCUT2D eigenvalue weighted by Crippen LogP contribution is -2.17. The Labute approximate surface area is 153 Å². The fourth-order valence-electron chi connectivity index (χ4n) is 2.34. The van der Waals surface area contributed by atoms with E-state index in [1.807, 2.05) is 19.1 Å². The van der Waals surface area contributed by atoms with Crippen LogP contribution in [0.5, 0.6) is 5.75 Å². The predicted octanol–water partition coefficient (Wildman–Crippen LogP) is 4.85. The predicted molar refractivity (Wildman–Crippen MR) is 102 cm³/mol. The Morgan fingerprint density at radius 2 is 1.88 bits per heavy atom. The maximum absolute atomic E-state index is 6.03. The minimum atomic E-state index is 0.583. The standard InChI is InChI=1S/C20H26BrNO2/c1-3-23-12-4-11-22-14-18-13-19(21)9-10-20(18)24-15-17-7-5-16(2)6-8-17/h5-10,13,22H,3-4,11-12,14-15H2,1-2H3. The highest BCUT2D eigenvalue weighted by Crippen LogP contribution is 2.24. The lowest BCUT2D eigenvalue weighted by atomic mass is 10.1. The van der Waals surface area contributed by atoms with Crippen molar-refractivity contribution in [1.82, 2.24) is 5.32 Å². The van der Waals surface area contributed by atoms with E-state index in [4.69, 9.17) is 9.47 Å². The first kappa shape index (κ1) is 19.0. The van der Waals surface area contributed by atoms with Crippen molar-refractivity contribution in [3.05, 3.63) is 63.6 Å². The Balaban J connectivity index is 1.88. The molecule has 0 radical (unpaired) electrons. The molecule has 0 fully saturated rings. The molecule has 0 unspecified atom stereocenters. The molecular formula is C20H26BrNO2. The van der Waals surface area contributed by atoms with Gasteiger partial charge in [0.15, 0.2) is 0 Å². The molecule has 0 bridgehead atoms. The number of aryl methyl sites for hydroxylation is 1. The van der Waals surface area contributed by atoms with Gasteiger partial charge in [-0.1, -0.05) is 45.8 Å². The van der Waals surface area contributed by atoms with Crippen molar-refractivity contribution >= 4 is 15.9 Å². The van der Waals surface area contributed by atoms with Crippen LogP contribution >= 0.6 is 15.9 Å². The van der Waals surface area contributed by atoms with Gasteiger partial charge in [0.05, 0.1) is 0 Å². The zero-order chi connectivity index (χ0) is 17.2. The highest BCUT2D eigenvalue weighted by Gasteiger charge is 2.05. The van der Waals surface area contributed by atoms with E-state index in [1.165, 1.54) is 11.1 Å². The van der Waals surface area contributed by atoms with Gasteiger partial charge >= 0.3 is 0 Å². The summed E-state index contributed by atoms with van der Waals surface area (Å²) in [5, 5.41) is 3.45. The summed E-state index contributed by atoms with van der Waals surface area (Å²) in [6.07, 6.45) is 1.02. The number of benzene rings is 2. The van der Waals surface area contributed by atoms with E-state index in [0.29, 0.717) is 6.61 Å². The van der Waals surface area contributed by atoms with Gasteiger partial charge in [0, 0.05) is 29.8 Å². The molecule has 3 nitrogen and oxygen atoms in total. The second kappa shape index (κ2) is 10.5. The van der Waals surface area contributed by atoms with E-state index >= 15 is 0 Å². The number of rotatable bonds is 10. The van der Waals surface area contributed by atoms with Crippen molar-refractivity contribution in [2.75, 3.05) is 19.8 Å². The molecule has 1 N–H and O–H groups in total. The highest BCUT2D eigenvalue weighted by atomic mass is 79.9. The van der Waals surface area contributed by atoms with Gasteiger partial charge in [0.2, 0.25) is 0 Å². The summed E-state index contributed by atoms with van der Waals surface area (Å²) in [5.74, 6) is 0.927. The SMILES string of the molecule is CCOCCCNCc1cc(Br)ccc1OCc1ccc(C)cc1. The minimum Gasteiger partial charge on any atom is -0.489 e. The molecule has 0 saturated carbocycles. The minimum absolute atomic E-state index is 0.583. The van der Waals surface area contributed by atoms with E-state index < -0.39 is 0 Å². The number of nitrogens with one attached hydrogen (secondary N) is 1. The molecule has 24 heavy (non-hydrogen) atoms. The third-order valence-corrected chi connectivity index (χ3v) is 4.19. The maximum Gasteiger partial charge on any atom is 0.124 e. The van der Waals surface area contributed by atoms with Crippen LogP contribution in [0, 0.1) is 6.92 Å². The van der Waals surface area contributed by atoms with Crippen molar-refractivity contribution < 1.29 is 9.47 Å². The smallest absolute Gasteiger partial charge is 0.124 e. The van der Waals surface area contributed by atoms with E-state index in [-0.39, 0.29) is 0 Å². The van der Waals surface area contributed by atoms with E-state index in [1.54, 1.807) is 0 Å². The Morgan fingerprint density at radius 3 is 2.62 bits per heavy atom. The molecule has 4 heteroatoms. The summed E-state index contributed by atoms with van der Waals surface area (Å²) < 4.78 is 12.4. The first-order valence-corrected chi connectivity index (χ1v) is 9.23. The largest absolute Gasteiger partial charge is 0.489 e. The number of halogens is 1. The van der Waals surface area contributed by atoms with Crippen LogP contribution < -0.4 is 10.1 Å².